The molecule has 0 bridgehead atoms. The predicted octanol–water partition coefficient (Wildman–Crippen LogP) is 4.11. The molecule has 1 aliphatic heterocycles. The monoisotopic (exact) mass is 290 g/mol. The van der Waals surface area contributed by atoms with E-state index in [2.05, 4.69) is 46.8 Å². The molecule has 0 amide bonds. The molecule has 21 heavy (non-hydrogen) atoms. The third-order valence-electron chi connectivity index (χ3n) is 4.78. The number of ether oxygens (including phenoxy) is 1. The largest absolute Gasteiger partial charge is 0.497 e. The van der Waals surface area contributed by atoms with Crippen LogP contribution in [0.1, 0.15) is 46.6 Å². The van der Waals surface area contributed by atoms with Crippen molar-refractivity contribution in [1.82, 2.24) is 0 Å². The Morgan fingerprint density at radius 3 is 2.05 bits per heavy atom. The topological polar surface area (TPSA) is 27.7 Å². The zero-order chi connectivity index (χ0) is 15.7. The summed E-state index contributed by atoms with van der Waals surface area (Å²) in [6.45, 7) is 10.6. The highest BCUT2D eigenvalue weighted by atomic mass is 16.7. The minimum absolute atomic E-state index is 0.117. The molecule has 0 saturated carbocycles. The molecule has 116 valence electrons. The van der Waals surface area contributed by atoms with Crippen molar-refractivity contribution >= 4 is 7.12 Å². The van der Waals surface area contributed by atoms with E-state index in [1.165, 1.54) is 5.56 Å². The molecule has 1 aromatic rings. The zero-order valence-electron chi connectivity index (χ0n) is 14.1. The maximum Gasteiger partial charge on any atom is 0.460 e. The number of methoxy groups -OCH3 is 1. The van der Waals surface area contributed by atoms with Gasteiger partial charge in [-0.05, 0) is 64.1 Å². The average molecular weight is 290 g/mol. The molecule has 0 radical (unpaired) electrons. The van der Waals surface area contributed by atoms with Crippen molar-refractivity contribution < 1.29 is 14.0 Å². The van der Waals surface area contributed by atoms with Gasteiger partial charge in [0, 0.05) is 0 Å². The summed E-state index contributed by atoms with van der Waals surface area (Å²) in [5, 5.41) is 0. The van der Waals surface area contributed by atoms with E-state index in [0.717, 1.165) is 18.6 Å². The van der Waals surface area contributed by atoms with E-state index in [1.807, 2.05) is 12.1 Å². The van der Waals surface area contributed by atoms with E-state index in [0.29, 0.717) is 5.82 Å². The Morgan fingerprint density at radius 2 is 1.57 bits per heavy atom. The number of rotatable bonds is 5. The summed E-state index contributed by atoms with van der Waals surface area (Å²) in [6.07, 6.45) is 2.07. The molecule has 3 nitrogen and oxygen atoms in total. The molecule has 2 rings (SSSR count). The summed E-state index contributed by atoms with van der Waals surface area (Å²) in [4.78, 5) is 0. The maximum atomic E-state index is 6.11. The van der Waals surface area contributed by atoms with Gasteiger partial charge >= 0.3 is 7.12 Å². The highest BCUT2D eigenvalue weighted by molar-refractivity contribution is 6.47. The minimum Gasteiger partial charge on any atom is -0.497 e. The lowest BCUT2D eigenvalue weighted by Gasteiger charge is -2.32. The fourth-order valence-corrected chi connectivity index (χ4v) is 2.44. The van der Waals surface area contributed by atoms with E-state index in [-0.39, 0.29) is 18.3 Å². The number of aryl methyl sites for hydroxylation is 1. The van der Waals surface area contributed by atoms with Gasteiger partial charge in [-0.3, -0.25) is 0 Å². The van der Waals surface area contributed by atoms with E-state index in [4.69, 9.17) is 14.0 Å². The molecule has 1 heterocycles. The molecule has 1 aromatic carbocycles. The molecule has 4 heteroatoms. The highest BCUT2D eigenvalue weighted by Crippen LogP contribution is 2.40. The van der Waals surface area contributed by atoms with Crippen molar-refractivity contribution in [3.63, 3.8) is 0 Å². The van der Waals surface area contributed by atoms with Crippen LogP contribution in [0.25, 0.3) is 0 Å². The third-order valence-corrected chi connectivity index (χ3v) is 4.78. The summed E-state index contributed by atoms with van der Waals surface area (Å²) in [6, 6.07) is 8.26. The van der Waals surface area contributed by atoms with Crippen LogP contribution in [0.2, 0.25) is 5.82 Å². The van der Waals surface area contributed by atoms with E-state index in [1.54, 1.807) is 7.11 Å². The standard InChI is InChI=1S/C17H27BO3/c1-13(18-20-16(2,3)17(4,5)21-18)7-8-14-9-11-15(19-6)12-10-14/h9-13H,7-8H2,1-6H3/t13-/m0/s1. The van der Waals surface area contributed by atoms with Gasteiger partial charge in [-0.1, -0.05) is 19.1 Å². The minimum atomic E-state index is -0.244. The number of hydrogen-bond donors (Lipinski definition) is 0. The van der Waals surface area contributed by atoms with Gasteiger partial charge in [0.25, 0.3) is 0 Å². The first kappa shape index (κ1) is 16.4. The van der Waals surface area contributed by atoms with Gasteiger partial charge in [-0.2, -0.15) is 0 Å². The number of benzene rings is 1. The summed E-state index contributed by atoms with van der Waals surface area (Å²) < 4.78 is 17.4. The normalized spacial score (nSPS) is 21.3. The molecule has 0 aromatic heterocycles. The van der Waals surface area contributed by atoms with Gasteiger partial charge in [-0.15, -0.1) is 0 Å². The molecule has 1 aliphatic rings. The van der Waals surface area contributed by atoms with Gasteiger partial charge in [-0.25, -0.2) is 0 Å². The fraction of sp³-hybridized carbons (Fsp3) is 0.647. The summed E-state index contributed by atoms with van der Waals surface area (Å²) in [7, 11) is 1.57. The van der Waals surface area contributed by atoms with Crippen LogP contribution in [0.5, 0.6) is 5.75 Å². The van der Waals surface area contributed by atoms with Crippen LogP contribution in [-0.2, 0) is 15.7 Å². The van der Waals surface area contributed by atoms with Gasteiger partial charge in [0.05, 0.1) is 18.3 Å². The van der Waals surface area contributed by atoms with Crippen molar-refractivity contribution in [3.8, 4) is 5.75 Å². The first-order valence-corrected chi connectivity index (χ1v) is 7.74. The van der Waals surface area contributed by atoms with Crippen LogP contribution >= 0.6 is 0 Å². The second kappa shape index (κ2) is 6.01. The van der Waals surface area contributed by atoms with Crippen LogP contribution in [0.15, 0.2) is 24.3 Å². The lowest BCUT2D eigenvalue weighted by atomic mass is 9.70. The van der Waals surface area contributed by atoms with Crippen LogP contribution < -0.4 is 4.74 Å². The van der Waals surface area contributed by atoms with Crippen molar-refractivity contribution in [2.24, 2.45) is 0 Å². The Bertz CT molecular complexity index is 451. The smallest absolute Gasteiger partial charge is 0.460 e. The van der Waals surface area contributed by atoms with Crippen molar-refractivity contribution in [3.05, 3.63) is 29.8 Å². The van der Waals surface area contributed by atoms with Crippen molar-refractivity contribution in [2.45, 2.75) is 64.5 Å². The lowest BCUT2D eigenvalue weighted by molar-refractivity contribution is 0.00578. The molecule has 0 N–H and O–H groups in total. The molecular formula is C17H27BO3. The first-order valence-electron chi connectivity index (χ1n) is 7.74. The third kappa shape index (κ3) is 3.61. The summed E-state index contributed by atoms with van der Waals surface area (Å²) in [5.74, 6) is 1.27. The number of hydrogen-bond acceptors (Lipinski definition) is 3. The van der Waals surface area contributed by atoms with E-state index >= 15 is 0 Å². The van der Waals surface area contributed by atoms with Crippen LogP contribution in [0.4, 0.5) is 0 Å². The van der Waals surface area contributed by atoms with E-state index < -0.39 is 0 Å². The fourth-order valence-electron chi connectivity index (χ4n) is 2.44. The summed E-state index contributed by atoms with van der Waals surface area (Å²) in [5.41, 5.74) is 0.831. The molecule has 1 atom stereocenters. The average Bonchev–Trinajstić information content (AvgIpc) is 2.65. The van der Waals surface area contributed by atoms with Gasteiger partial charge in [0.15, 0.2) is 0 Å². The van der Waals surface area contributed by atoms with Gasteiger partial charge in [0.2, 0.25) is 0 Å². The molecule has 0 aliphatic carbocycles. The Labute approximate surface area is 129 Å². The quantitative estimate of drug-likeness (QED) is 0.764. The second-order valence-electron chi connectivity index (χ2n) is 6.99. The molecular weight excluding hydrogens is 263 g/mol. The van der Waals surface area contributed by atoms with Gasteiger partial charge < -0.3 is 14.0 Å². The Balaban J connectivity index is 1.89. The Hall–Kier alpha value is -0.995. The highest BCUT2D eigenvalue weighted by Gasteiger charge is 2.52. The predicted molar refractivity (Wildman–Crippen MR) is 86.8 cm³/mol. The van der Waals surface area contributed by atoms with Crippen molar-refractivity contribution in [1.29, 1.82) is 0 Å². The Kier molecular flexibility index (Phi) is 4.69. The lowest BCUT2D eigenvalue weighted by Crippen LogP contribution is -2.41. The molecule has 1 saturated heterocycles. The van der Waals surface area contributed by atoms with Crippen LogP contribution in [0, 0.1) is 0 Å². The first-order chi connectivity index (χ1) is 9.75. The second-order valence-corrected chi connectivity index (χ2v) is 6.99. The van der Waals surface area contributed by atoms with Crippen LogP contribution in [0.3, 0.4) is 0 Å². The van der Waals surface area contributed by atoms with Crippen LogP contribution in [-0.4, -0.2) is 25.4 Å². The van der Waals surface area contributed by atoms with E-state index in [9.17, 15) is 0 Å². The molecule has 0 unspecified atom stereocenters. The molecule has 1 fully saturated rings. The summed E-state index contributed by atoms with van der Waals surface area (Å²) >= 11 is 0. The van der Waals surface area contributed by atoms with Crippen molar-refractivity contribution in [2.75, 3.05) is 7.11 Å². The molecule has 0 spiro atoms. The maximum absolute atomic E-state index is 6.11. The Morgan fingerprint density at radius 1 is 1.05 bits per heavy atom. The zero-order valence-corrected chi connectivity index (χ0v) is 14.1. The SMILES string of the molecule is COc1ccc(CC[C@H](C)B2OC(C)(C)C(C)(C)O2)cc1. The van der Waals surface area contributed by atoms with Gasteiger partial charge in [0.1, 0.15) is 5.75 Å².